The van der Waals surface area contributed by atoms with Gasteiger partial charge >= 0.3 is 5.97 Å². The zero-order chi connectivity index (χ0) is 13.8. The predicted molar refractivity (Wildman–Crippen MR) is 71.5 cm³/mol. The molecule has 2 rings (SSSR count). The number of carbonyl (C=O) groups is 1. The lowest BCUT2D eigenvalue weighted by molar-refractivity contribution is 0.0600. The lowest BCUT2D eigenvalue weighted by atomic mass is 10.1. The molecule has 1 aromatic carbocycles. The van der Waals surface area contributed by atoms with Gasteiger partial charge in [0.15, 0.2) is 0 Å². The molecule has 0 radical (unpaired) electrons. The fourth-order valence-corrected chi connectivity index (χ4v) is 2.16. The zero-order valence-electron chi connectivity index (χ0n) is 10.1. The number of nitrogens with zero attached hydrogens (tertiary/aromatic N) is 3. The summed E-state index contributed by atoms with van der Waals surface area (Å²) in [7, 11) is 1.34. The van der Waals surface area contributed by atoms with E-state index in [-0.39, 0.29) is 5.97 Å². The average Bonchev–Trinajstić information content (AvgIpc) is 2.87. The van der Waals surface area contributed by atoms with Gasteiger partial charge in [-0.1, -0.05) is 22.0 Å². The van der Waals surface area contributed by atoms with Crippen molar-refractivity contribution in [2.45, 2.75) is 6.54 Å². The molecule has 0 unspecified atom stereocenters. The number of aromatic nitrogens is 2. The summed E-state index contributed by atoms with van der Waals surface area (Å²) in [6, 6.07) is 7.22. The molecule has 0 atom stereocenters. The smallest absolute Gasteiger partial charge is 0.337 e. The summed E-state index contributed by atoms with van der Waals surface area (Å²) in [5.74, 6) is -0.0310. The largest absolute Gasteiger partial charge is 0.465 e. The third-order valence-corrected chi connectivity index (χ3v) is 3.37. The van der Waals surface area contributed by atoms with Crippen molar-refractivity contribution in [1.29, 1.82) is 5.26 Å². The summed E-state index contributed by atoms with van der Waals surface area (Å²) < 4.78 is 7.17. The molecule has 5 nitrogen and oxygen atoms in total. The van der Waals surface area contributed by atoms with E-state index in [0.717, 1.165) is 10.0 Å². The molecule has 0 aliphatic heterocycles. The summed E-state index contributed by atoms with van der Waals surface area (Å²) in [6.07, 6.45) is 3.31. The van der Waals surface area contributed by atoms with Gasteiger partial charge in [0.05, 0.1) is 19.2 Å². The molecule has 2 aromatic rings. The van der Waals surface area contributed by atoms with E-state index in [1.54, 1.807) is 29.1 Å². The minimum absolute atomic E-state index is 0.351. The first kappa shape index (κ1) is 13.3. The van der Waals surface area contributed by atoms with Crippen molar-refractivity contribution in [3.8, 4) is 6.07 Å². The number of halogens is 1. The first-order valence-electron chi connectivity index (χ1n) is 5.43. The Kier molecular flexibility index (Phi) is 3.97. The van der Waals surface area contributed by atoms with Crippen molar-refractivity contribution in [2.75, 3.05) is 7.11 Å². The van der Waals surface area contributed by atoms with Crippen LogP contribution in [0.5, 0.6) is 0 Å². The van der Waals surface area contributed by atoms with Gasteiger partial charge in [0.25, 0.3) is 0 Å². The molecule has 19 heavy (non-hydrogen) atoms. The number of carbonyl (C=O) groups excluding carboxylic acids is 1. The van der Waals surface area contributed by atoms with Gasteiger partial charge in [-0.15, -0.1) is 0 Å². The van der Waals surface area contributed by atoms with E-state index in [0.29, 0.717) is 17.9 Å². The maximum absolute atomic E-state index is 11.4. The molecule has 1 aromatic heterocycles. The monoisotopic (exact) mass is 319 g/mol. The highest BCUT2D eigenvalue weighted by Crippen LogP contribution is 2.20. The topological polar surface area (TPSA) is 67.9 Å². The van der Waals surface area contributed by atoms with Crippen LogP contribution in [0.4, 0.5) is 0 Å². The second-order valence-corrected chi connectivity index (χ2v) is 4.64. The number of nitriles is 1. The molecule has 6 heteroatoms. The number of rotatable bonds is 3. The van der Waals surface area contributed by atoms with Crippen LogP contribution in [0.25, 0.3) is 0 Å². The van der Waals surface area contributed by atoms with Crippen molar-refractivity contribution in [2.24, 2.45) is 0 Å². The second-order valence-electron chi connectivity index (χ2n) is 3.79. The zero-order valence-corrected chi connectivity index (χ0v) is 11.7. The molecule has 0 saturated heterocycles. The van der Waals surface area contributed by atoms with Crippen LogP contribution in [0.3, 0.4) is 0 Å². The van der Waals surface area contributed by atoms with Crippen LogP contribution in [0.1, 0.15) is 21.7 Å². The summed E-state index contributed by atoms with van der Waals surface area (Å²) >= 11 is 3.41. The van der Waals surface area contributed by atoms with Crippen LogP contribution < -0.4 is 0 Å². The molecule has 0 bridgehead atoms. The highest BCUT2D eigenvalue weighted by molar-refractivity contribution is 9.10. The number of hydrogen-bond acceptors (Lipinski definition) is 4. The first-order valence-corrected chi connectivity index (χ1v) is 6.23. The van der Waals surface area contributed by atoms with E-state index < -0.39 is 0 Å². The van der Waals surface area contributed by atoms with Crippen LogP contribution in [0, 0.1) is 11.3 Å². The van der Waals surface area contributed by atoms with E-state index in [4.69, 9.17) is 5.26 Å². The summed E-state index contributed by atoms with van der Waals surface area (Å²) in [5.41, 5.74) is 1.42. The minimum Gasteiger partial charge on any atom is -0.465 e. The van der Waals surface area contributed by atoms with Crippen molar-refractivity contribution < 1.29 is 9.53 Å². The van der Waals surface area contributed by atoms with Gasteiger partial charge in [-0.3, -0.25) is 0 Å². The molecule has 0 aliphatic carbocycles. The van der Waals surface area contributed by atoms with Crippen molar-refractivity contribution >= 4 is 21.9 Å². The van der Waals surface area contributed by atoms with Crippen LogP contribution in [0.15, 0.2) is 35.1 Å². The summed E-state index contributed by atoms with van der Waals surface area (Å²) in [5, 5.41) is 8.90. The summed E-state index contributed by atoms with van der Waals surface area (Å²) in [6.45, 7) is 0.505. The van der Waals surface area contributed by atoms with Gasteiger partial charge in [0.2, 0.25) is 5.82 Å². The molecule has 0 N–H and O–H groups in total. The van der Waals surface area contributed by atoms with Crippen molar-refractivity contribution in [3.05, 3.63) is 52.0 Å². The third kappa shape index (κ3) is 2.83. The van der Waals surface area contributed by atoms with Crippen molar-refractivity contribution in [1.82, 2.24) is 9.55 Å². The molecule has 0 amide bonds. The van der Waals surface area contributed by atoms with E-state index in [9.17, 15) is 4.79 Å². The Morgan fingerprint density at radius 1 is 1.58 bits per heavy atom. The molecule has 0 aliphatic rings. The molecule has 0 fully saturated rings. The lowest BCUT2D eigenvalue weighted by Crippen LogP contribution is -2.05. The first-order chi connectivity index (χ1) is 9.15. The van der Waals surface area contributed by atoms with Gasteiger partial charge in [-0.05, 0) is 17.7 Å². The van der Waals surface area contributed by atoms with E-state index in [1.165, 1.54) is 7.11 Å². The van der Waals surface area contributed by atoms with Crippen molar-refractivity contribution in [3.63, 3.8) is 0 Å². The Morgan fingerprint density at radius 2 is 2.37 bits per heavy atom. The molecule has 0 spiro atoms. The number of benzene rings is 1. The fraction of sp³-hybridized carbons (Fsp3) is 0.154. The molecule has 0 saturated carbocycles. The Balaban J connectivity index is 2.28. The standard InChI is InChI=1S/C13H10BrN3O2/c1-19-13(18)9-2-3-10(11(14)6-9)8-17-5-4-16-12(17)7-15/h2-6H,8H2,1H3. The van der Waals surface area contributed by atoms with Gasteiger partial charge in [-0.2, -0.15) is 5.26 Å². The normalized spacial score (nSPS) is 9.95. The Morgan fingerprint density at radius 3 is 3.00 bits per heavy atom. The second kappa shape index (κ2) is 5.67. The number of esters is 1. The number of imidazole rings is 1. The van der Waals surface area contributed by atoms with Gasteiger partial charge < -0.3 is 9.30 Å². The number of methoxy groups -OCH3 is 1. The quantitative estimate of drug-likeness (QED) is 0.814. The van der Waals surface area contributed by atoms with Gasteiger partial charge in [-0.25, -0.2) is 9.78 Å². The van der Waals surface area contributed by atoms with Crippen LogP contribution >= 0.6 is 15.9 Å². The fourth-order valence-electron chi connectivity index (χ4n) is 1.65. The maximum Gasteiger partial charge on any atom is 0.337 e. The molecular formula is C13H10BrN3O2. The van der Waals surface area contributed by atoms with Crippen LogP contribution in [-0.2, 0) is 11.3 Å². The SMILES string of the molecule is COC(=O)c1ccc(Cn2ccnc2C#N)c(Br)c1. The Bertz CT molecular complexity index is 658. The number of ether oxygens (including phenoxy) is 1. The highest BCUT2D eigenvalue weighted by Gasteiger charge is 2.10. The van der Waals surface area contributed by atoms with Gasteiger partial charge in [0, 0.05) is 16.9 Å². The Labute approximate surface area is 118 Å². The van der Waals surface area contributed by atoms with Crippen LogP contribution in [0.2, 0.25) is 0 Å². The average molecular weight is 320 g/mol. The molecule has 96 valence electrons. The highest BCUT2D eigenvalue weighted by atomic mass is 79.9. The van der Waals surface area contributed by atoms with Gasteiger partial charge in [0.1, 0.15) is 6.07 Å². The minimum atomic E-state index is -0.382. The van der Waals surface area contributed by atoms with E-state index in [2.05, 4.69) is 25.7 Å². The maximum atomic E-state index is 11.4. The molecular weight excluding hydrogens is 310 g/mol. The van der Waals surface area contributed by atoms with E-state index >= 15 is 0 Å². The lowest BCUT2D eigenvalue weighted by Gasteiger charge is -2.08. The Hall–Kier alpha value is -2.13. The third-order valence-electron chi connectivity index (χ3n) is 2.63. The number of hydrogen-bond donors (Lipinski definition) is 0. The predicted octanol–water partition coefficient (Wildman–Crippen LogP) is 2.35. The molecule has 1 heterocycles. The van der Waals surface area contributed by atoms with Crippen LogP contribution in [-0.4, -0.2) is 22.6 Å². The summed E-state index contributed by atoms with van der Waals surface area (Å²) in [4.78, 5) is 15.3. The van der Waals surface area contributed by atoms with E-state index in [1.807, 2.05) is 12.1 Å².